The van der Waals surface area contributed by atoms with Crippen LogP contribution in [0.1, 0.15) is 20.3 Å². The van der Waals surface area contributed by atoms with Crippen LogP contribution in [-0.2, 0) is 9.53 Å². The molecule has 0 spiro atoms. The summed E-state index contributed by atoms with van der Waals surface area (Å²) in [5.41, 5.74) is 0. The number of carbonyl (C=O) groups excluding carboxylic acids is 1. The molecule has 0 saturated heterocycles. The molecule has 4 nitrogen and oxygen atoms in total. The van der Waals surface area contributed by atoms with Gasteiger partial charge in [0.05, 0.1) is 25.4 Å². The van der Waals surface area contributed by atoms with Crippen molar-refractivity contribution in [2.24, 2.45) is 4.99 Å². The molecule has 0 unspecified atom stereocenters. The van der Waals surface area contributed by atoms with Crippen LogP contribution in [0.3, 0.4) is 0 Å². The second-order valence-corrected chi connectivity index (χ2v) is 2.76. The third kappa shape index (κ3) is 8.74. The van der Waals surface area contributed by atoms with Crippen molar-refractivity contribution in [2.45, 2.75) is 20.3 Å². The number of allylic oxidation sites excluding steroid dienone is 2. The van der Waals surface area contributed by atoms with Gasteiger partial charge in [-0.15, -0.1) is 0 Å². The van der Waals surface area contributed by atoms with Crippen LogP contribution >= 0.6 is 0 Å². The number of amidine groups is 1. The smallest absolute Gasteiger partial charge is 0.307 e. The van der Waals surface area contributed by atoms with E-state index in [2.05, 4.69) is 16.9 Å². The maximum absolute atomic E-state index is 10.9. The molecule has 0 radical (unpaired) electrons. The molecule has 0 aliphatic rings. The van der Waals surface area contributed by atoms with Crippen molar-refractivity contribution in [3.8, 4) is 0 Å². The predicted molar refractivity (Wildman–Crippen MR) is 61.7 cm³/mol. The van der Waals surface area contributed by atoms with Crippen LogP contribution in [-0.4, -0.2) is 25.0 Å². The van der Waals surface area contributed by atoms with Gasteiger partial charge in [0.1, 0.15) is 0 Å². The van der Waals surface area contributed by atoms with Gasteiger partial charge in [0.15, 0.2) is 0 Å². The van der Waals surface area contributed by atoms with Crippen molar-refractivity contribution in [1.82, 2.24) is 5.32 Å². The fourth-order valence-corrected chi connectivity index (χ4v) is 0.830. The largest absolute Gasteiger partial charge is 0.466 e. The van der Waals surface area contributed by atoms with Crippen LogP contribution in [0.4, 0.5) is 0 Å². The quantitative estimate of drug-likeness (QED) is 0.314. The zero-order valence-corrected chi connectivity index (χ0v) is 9.32. The predicted octanol–water partition coefficient (Wildman–Crippen LogP) is 1.65. The Bertz CT molecular complexity index is 257. The molecule has 84 valence electrons. The van der Waals surface area contributed by atoms with Gasteiger partial charge >= 0.3 is 5.97 Å². The molecular formula is C11H18N2O2. The van der Waals surface area contributed by atoms with E-state index in [4.69, 9.17) is 4.74 Å². The maximum Gasteiger partial charge on any atom is 0.307 e. The minimum Gasteiger partial charge on any atom is -0.466 e. The summed E-state index contributed by atoms with van der Waals surface area (Å²) in [5, 5.41) is 2.94. The van der Waals surface area contributed by atoms with Crippen molar-refractivity contribution in [3.63, 3.8) is 0 Å². The van der Waals surface area contributed by atoms with Gasteiger partial charge in [-0.3, -0.25) is 9.79 Å². The molecular weight excluding hydrogens is 192 g/mol. The maximum atomic E-state index is 10.9. The van der Waals surface area contributed by atoms with Crippen molar-refractivity contribution in [2.75, 3.05) is 13.2 Å². The summed E-state index contributed by atoms with van der Waals surface area (Å²) in [6, 6.07) is 0. The fraction of sp³-hybridized carbons (Fsp3) is 0.455. The van der Waals surface area contributed by atoms with E-state index in [9.17, 15) is 4.79 Å². The number of nitrogens with zero attached hydrogens (tertiary/aromatic N) is 1. The van der Waals surface area contributed by atoms with Crippen LogP contribution < -0.4 is 5.32 Å². The zero-order chi connectivity index (χ0) is 11.5. The van der Waals surface area contributed by atoms with Crippen molar-refractivity contribution in [1.29, 1.82) is 0 Å². The number of aliphatic imine (C=N–C) groups is 1. The Kier molecular flexibility index (Phi) is 8.05. The monoisotopic (exact) mass is 210 g/mol. The normalized spacial score (nSPS) is 11.5. The molecule has 15 heavy (non-hydrogen) atoms. The van der Waals surface area contributed by atoms with E-state index < -0.39 is 0 Å². The first-order chi connectivity index (χ1) is 7.20. The van der Waals surface area contributed by atoms with Gasteiger partial charge in [-0.05, 0) is 19.9 Å². The standard InChI is InChI=1S/C11H18N2O2/c1-4-6-8-12-10(3)13-9-7-11(14)15-5-2/h4,6,8H,1,5,7,9H2,2-3H3,(H,12,13)/b8-6-. The lowest BCUT2D eigenvalue weighted by molar-refractivity contribution is -0.142. The molecule has 0 heterocycles. The molecule has 0 amide bonds. The van der Waals surface area contributed by atoms with E-state index in [1.807, 2.05) is 6.92 Å². The molecule has 0 fully saturated rings. The Morgan fingerprint density at radius 3 is 2.93 bits per heavy atom. The number of carbonyl (C=O) groups is 1. The lowest BCUT2D eigenvalue weighted by Crippen LogP contribution is -2.14. The molecule has 0 aliphatic heterocycles. The Labute approximate surface area is 90.7 Å². The minimum absolute atomic E-state index is 0.212. The van der Waals surface area contributed by atoms with E-state index in [1.54, 1.807) is 25.3 Å². The van der Waals surface area contributed by atoms with Gasteiger partial charge in [0.25, 0.3) is 0 Å². The first-order valence-electron chi connectivity index (χ1n) is 4.91. The second kappa shape index (κ2) is 8.99. The van der Waals surface area contributed by atoms with E-state index in [0.717, 1.165) is 5.84 Å². The van der Waals surface area contributed by atoms with Gasteiger partial charge in [-0.1, -0.05) is 12.7 Å². The summed E-state index contributed by atoms with van der Waals surface area (Å²) in [6.45, 7) is 8.02. The Hall–Kier alpha value is -1.58. The first kappa shape index (κ1) is 13.4. The Balaban J connectivity index is 3.70. The van der Waals surface area contributed by atoms with Crippen LogP contribution in [0.25, 0.3) is 0 Å². The van der Waals surface area contributed by atoms with Crippen LogP contribution in [0.2, 0.25) is 0 Å². The van der Waals surface area contributed by atoms with E-state index in [1.165, 1.54) is 0 Å². The van der Waals surface area contributed by atoms with Crippen molar-refractivity contribution >= 4 is 11.8 Å². The summed E-state index contributed by atoms with van der Waals surface area (Å²) in [6.07, 6.45) is 5.48. The molecule has 0 aromatic rings. The second-order valence-electron chi connectivity index (χ2n) is 2.76. The van der Waals surface area contributed by atoms with E-state index >= 15 is 0 Å². The SMILES string of the molecule is C=C/C=C\NC(C)=NCCC(=O)OCC. The fourth-order valence-electron chi connectivity index (χ4n) is 0.830. The molecule has 0 saturated carbocycles. The molecule has 0 aliphatic carbocycles. The van der Waals surface area contributed by atoms with Crippen LogP contribution in [0.5, 0.6) is 0 Å². The summed E-state index contributed by atoms with van der Waals surface area (Å²) < 4.78 is 4.77. The highest BCUT2D eigenvalue weighted by Gasteiger charge is 1.99. The molecule has 4 heteroatoms. The highest BCUT2D eigenvalue weighted by molar-refractivity contribution is 5.80. The van der Waals surface area contributed by atoms with Gasteiger partial charge < -0.3 is 10.1 Å². The number of hydrogen-bond acceptors (Lipinski definition) is 3. The van der Waals surface area contributed by atoms with Gasteiger partial charge in [-0.25, -0.2) is 0 Å². The average molecular weight is 210 g/mol. The highest BCUT2D eigenvalue weighted by Crippen LogP contribution is 1.87. The van der Waals surface area contributed by atoms with E-state index in [0.29, 0.717) is 19.6 Å². The average Bonchev–Trinajstić information content (AvgIpc) is 2.18. The third-order valence-corrected chi connectivity index (χ3v) is 1.49. The van der Waals surface area contributed by atoms with Crippen molar-refractivity contribution in [3.05, 3.63) is 24.9 Å². The number of hydrogen-bond donors (Lipinski definition) is 1. The molecule has 0 aromatic carbocycles. The van der Waals surface area contributed by atoms with E-state index in [-0.39, 0.29) is 5.97 Å². The molecule has 0 atom stereocenters. The topological polar surface area (TPSA) is 50.7 Å². The number of rotatable bonds is 6. The lowest BCUT2D eigenvalue weighted by atomic mass is 10.4. The zero-order valence-electron chi connectivity index (χ0n) is 9.32. The summed E-state index contributed by atoms with van der Waals surface area (Å²) in [5.74, 6) is 0.549. The van der Waals surface area contributed by atoms with Gasteiger partial charge in [0.2, 0.25) is 0 Å². The van der Waals surface area contributed by atoms with Gasteiger partial charge in [0, 0.05) is 6.20 Å². The lowest BCUT2D eigenvalue weighted by Gasteiger charge is -2.00. The summed E-state index contributed by atoms with van der Waals surface area (Å²) >= 11 is 0. The van der Waals surface area contributed by atoms with Gasteiger partial charge in [-0.2, -0.15) is 0 Å². The summed E-state index contributed by atoms with van der Waals surface area (Å²) in [4.78, 5) is 15.1. The van der Waals surface area contributed by atoms with Crippen molar-refractivity contribution < 1.29 is 9.53 Å². The molecule has 0 rings (SSSR count). The number of ether oxygens (including phenoxy) is 1. The number of esters is 1. The highest BCUT2D eigenvalue weighted by atomic mass is 16.5. The van der Waals surface area contributed by atoms with Crippen LogP contribution in [0, 0.1) is 0 Å². The molecule has 0 aromatic heterocycles. The third-order valence-electron chi connectivity index (χ3n) is 1.49. The Morgan fingerprint density at radius 1 is 1.60 bits per heavy atom. The number of nitrogens with one attached hydrogen (secondary N) is 1. The first-order valence-corrected chi connectivity index (χ1v) is 4.91. The Morgan fingerprint density at radius 2 is 2.33 bits per heavy atom. The minimum atomic E-state index is -0.212. The molecule has 1 N–H and O–H groups in total. The molecule has 0 bridgehead atoms. The summed E-state index contributed by atoms with van der Waals surface area (Å²) in [7, 11) is 0. The van der Waals surface area contributed by atoms with Crippen LogP contribution in [0.15, 0.2) is 29.9 Å².